The predicted molar refractivity (Wildman–Crippen MR) is 98.7 cm³/mol. The summed E-state index contributed by atoms with van der Waals surface area (Å²) in [5.74, 6) is -0.608. The molecule has 25 heavy (non-hydrogen) atoms. The van der Waals surface area contributed by atoms with Gasteiger partial charge in [0.1, 0.15) is 26.8 Å². The average molecular weight is 371 g/mol. The van der Waals surface area contributed by atoms with Gasteiger partial charge in [0.05, 0.1) is 11.3 Å². The van der Waals surface area contributed by atoms with Gasteiger partial charge in [-0.05, 0) is 50.6 Å². The minimum atomic E-state index is -0.317. The maximum Gasteiger partial charge on any atom is 0.268 e. The summed E-state index contributed by atoms with van der Waals surface area (Å²) in [5.41, 5.74) is 2.74. The Morgan fingerprint density at radius 3 is 2.52 bits per heavy atom. The van der Waals surface area contributed by atoms with Crippen LogP contribution < -0.4 is 5.32 Å². The molecule has 0 saturated heterocycles. The van der Waals surface area contributed by atoms with Crippen LogP contribution in [0.25, 0.3) is 10.6 Å². The highest BCUT2D eigenvalue weighted by Crippen LogP contribution is 2.33. The van der Waals surface area contributed by atoms with E-state index in [0.717, 1.165) is 16.0 Å². The maximum atomic E-state index is 13.1. The number of thiazole rings is 1. The number of thiophene rings is 1. The van der Waals surface area contributed by atoms with E-state index in [2.05, 4.69) is 16.4 Å². The first kappa shape index (κ1) is 17.3. The molecule has 0 fully saturated rings. The predicted octanol–water partition coefficient (Wildman–Crippen LogP) is 5.06. The normalized spacial score (nSPS) is 10.5. The molecular formula is C18H14FN3OS2. The average Bonchev–Trinajstić information content (AvgIpc) is 3.09. The van der Waals surface area contributed by atoms with Gasteiger partial charge in [-0.15, -0.1) is 22.7 Å². The first-order valence-electron chi connectivity index (χ1n) is 7.45. The van der Waals surface area contributed by atoms with Crippen molar-refractivity contribution >= 4 is 33.6 Å². The standard InChI is InChI=1S/C18H14FN3OS2/c1-9-11(3)24-18(14(9)8-20)22-16(23)15-10(2)21-17(25-15)12-4-6-13(19)7-5-12/h4-7H,1-3H3,(H,22,23). The Bertz CT molecular complexity index is 997. The molecule has 2 heterocycles. The second kappa shape index (κ2) is 6.75. The Balaban J connectivity index is 1.90. The van der Waals surface area contributed by atoms with E-state index in [1.165, 1.54) is 34.8 Å². The highest BCUT2D eigenvalue weighted by molar-refractivity contribution is 7.18. The number of halogens is 1. The van der Waals surface area contributed by atoms with Crippen LogP contribution in [0.15, 0.2) is 24.3 Å². The van der Waals surface area contributed by atoms with Gasteiger partial charge in [0.2, 0.25) is 0 Å². The van der Waals surface area contributed by atoms with Crippen LogP contribution in [0.5, 0.6) is 0 Å². The summed E-state index contributed by atoms with van der Waals surface area (Å²) in [6.45, 7) is 5.54. The van der Waals surface area contributed by atoms with Crippen molar-refractivity contribution in [3.8, 4) is 16.6 Å². The molecule has 7 heteroatoms. The lowest BCUT2D eigenvalue weighted by atomic mass is 10.2. The van der Waals surface area contributed by atoms with Gasteiger partial charge in [0.25, 0.3) is 5.91 Å². The van der Waals surface area contributed by atoms with E-state index in [1.54, 1.807) is 19.1 Å². The van der Waals surface area contributed by atoms with Crippen LogP contribution in [0.3, 0.4) is 0 Å². The molecule has 0 spiro atoms. The number of carbonyl (C=O) groups is 1. The molecule has 0 aliphatic heterocycles. The van der Waals surface area contributed by atoms with Gasteiger partial charge in [-0.1, -0.05) is 0 Å². The lowest BCUT2D eigenvalue weighted by molar-refractivity contribution is 0.103. The van der Waals surface area contributed by atoms with Gasteiger partial charge in [-0.3, -0.25) is 4.79 Å². The molecular weight excluding hydrogens is 357 g/mol. The van der Waals surface area contributed by atoms with Gasteiger partial charge < -0.3 is 5.32 Å². The summed E-state index contributed by atoms with van der Waals surface area (Å²) < 4.78 is 13.1. The van der Waals surface area contributed by atoms with Gasteiger partial charge in [0, 0.05) is 10.4 Å². The number of nitriles is 1. The highest BCUT2D eigenvalue weighted by atomic mass is 32.1. The fourth-order valence-corrected chi connectivity index (χ4v) is 4.31. The quantitative estimate of drug-likeness (QED) is 0.700. The number of aromatic nitrogens is 1. The van der Waals surface area contributed by atoms with Crippen LogP contribution in [0, 0.1) is 37.9 Å². The Kier molecular flexibility index (Phi) is 4.66. The molecule has 1 aromatic carbocycles. The van der Waals surface area contributed by atoms with E-state index in [1.807, 2.05) is 13.8 Å². The van der Waals surface area contributed by atoms with Crippen molar-refractivity contribution in [2.75, 3.05) is 5.32 Å². The van der Waals surface area contributed by atoms with Gasteiger partial charge in [-0.25, -0.2) is 9.37 Å². The molecule has 0 aliphatic rings. The number of nitrogens with one attached hydrogen (secondary N) is 1. The van der Waals surface area contributed by atoms with Crippen molar-refractivity contribution in [2.24, 2.45) is 0 Å². The molecule has 0 atom stereocenters. The molecule has 2 aromatic heterocycles. The van der Waals surface area contributed by atoms with Crippen molar-refractivity contribution in [3.05, 3.63) is 56.7 Å². The van der Waals surface area contributed by atoms with Crippen LogP contribution in [0.1, 0.15) is 31.4 Å². The van der Waals surface area contributed by atoms with Crippen LogP contribution in [0.4, 0.5) is 9.39 Å². The third kappa shape index (κ3) is 3.31. The minimum absolute atomic E-state index is 0.291. The number of benzene rings is 1. The number of nitrogens with zero attached hydrogens (tertiary/aromatic N) is 2. The summed E-state index contributed by atoms with van der Waals surface area (Å²) in [6.07, 6.45) is 0. The summed E-state index contributed by atoms with van der Waals surface area (Å²) in [4.78, 5) is 18.5. The Hall–Kier alpha value is -2.56. The second-order valence-electron chi connectivity index (χ2n) is 5.49. The van der Waals surface area contributed by atoms with Crippen LogP contribution in [0.2, 0.25) is 0 Å². The number of hydrogen-bond acceptors (Lipinski definition) is 5. The fourth-order valence-electron chi connectivity index (χ4n) is 2.33. The molecule has 1 amide bonds. The molecule has 1 N–H and O–H groups in total. The van der Waals surface area contributed by atoms with E-state index in [0.29, 0.717) is 26.1 Å². The van der Waals surface area contributed by atoms with Gasteiger partial charge >= 0.3 is 0 Å². The first-order chi connectivity index (χ1) is 11.9. The monoisotopic (exact) mass is 371 g/mol. The summed E-state index contributed by atoms with van der Waals surface area (Å²) in [7, 11) is 0. The molecule has 0 saturated carbocycles. The summed E-state index contributed by atoms with van der Waals surface area (Å²) >= 11 is 2.63. The Morgan fingerprint density at radius 1 is 1.20 bits per heavy atom. The number of rotatable bonds is 3. The van der Waals surface area contributed by atoms with Crippen molar-refractivity contribution in [2.45, 2.75) is 20.8 Å². The topological polar surface area (TPSA) is 65.8 Å². The number of carbonyl (C=O) groups excluding carboxylic acids is 1. The molecule has 3 rings (SSSR count). The van der Waals surface area contributed by atoms with E-state index < -0.39 is 0 Å². The maximum absolute atomic E-state index is 13.1. The molecule has 0 unspecified atom stereocenters. The van der Waals surface area contributed by atoms with Crippen LogP contribution >= 0.6 is 22.7 Å². The zero-order valence-corrected chi connectivity index (χ0v) is 15.4. The zero-order chi connectivity index (χ0) is 18.1. The Morgan fingerprint density at radius 2 is 1.88 bits per heavy atom. The number of amides is 1. The van der Waals surface area contributed by atoms with Crippen LogP contribution in [-0.4, -0.2) is 10.9 Å². The van der Waals surface area contributed by atoms with E-state index >= 15 is 0 Å². The third-order valence-electron chi connectivity index (χ3n) is 3.82. The second-order valence-corrected chi connectivity index (χ2v) is 7.72. The number of hydrogen-bond donors (Lipinski definition) is 1. The van der Waals surface area contributed by atoms with E-state index in [4.69, 9.17) is 0 Å². The van der Waals surface area contributed by atoms with Gasteiger partial charge in [-0.2, -0.15) is 5.26 Å². The minimum Gasteiger partial charge on any atom is -0.312 e. The van der Waals surface area contributed by atoms with Crippen LogP contribution in [-0.2, 0) is 0 Å². The van der Waals surface area contributed by atoms with Gasteiger partial charge in [0.15, 0.2) is 0 Å². The Labute approximate surface area is 152 Å². The van der Waals surface area contributed by atoms with E-state index in [-0.39, 0.29) is 11.7 Å². The van der Waals surface area contributed by atoms with E-state index in [9.17, 15) is 14.4 Å². The highest BCUT2D eigenvalue weighted by Gasteiger charge is 2.20. The molecule has 0 radical (unpaired) electrons. The lowest BCUT2D eigenvalue weighted by Gasteiger charge is -2.01. The SMILES string of the molecule is Cc1nc(-c2ccc(F)cc2)sc1C(=O)Nc1sc(C)c(C)c1C#N. The molecule has 4 nitrogen and oxygen atoms in total. The summed E-state index contributed by atoms with van der Waals surface area (Å²) in [6, 6.07) is 8.14. The molecule has 0 bridgehead atoms. The smallest absolute Gasteiger partial charge is 0.268 e. The third-order valence-corrected chi connectivity index (χ3v) is 6.15. The fraction of sp³-hybridized carbons (Fsp3) is 0.167. The van der Waals surface area contributed by atoms with Crippen molar-refractivity contribution in [1.29, 1.82) is 5.26 Å². The molecule has 0 aliphatic carbocycles. The van der Waals surface area contributed by atoms with Crippen molar-refractivity contribution < 1.29 is 9.18 Å². The zero-order valence-electron chi connectivity index (χ0n) is 13.8. The molecule has 126 valence electrons. The molecule has 3 aromatic rings. The first-order valence-corrected chi connectivity index (χ1v) is 9.08. The number of aryl methyl sites for hydroxylation is 2. The largest absolute Gasteiger partial charge is 0.312 e. The van der Waals surface area contributed by atoms with Crippen molar-refractivity contribution in [3.63, 3.8) is 0 Å². The van der Waals surface area contributed by atoms with Crippen molar-refractivity contribution in [1.82, 2.24) is 4.98 Å². The summed E-state index contributed by atoms with van der Waals surface area (Å²) in [5, 5.41) is 13.3. The lowest BCUT2D eigenvalue weighted by Crippen LogP contribution is -2.11. The number of anilines is 1.